The molecular formula is C12H12ClFN2O. The van der Waals surface area contributed by atoms with E-state index in [4.69, 9.17) is 11.6 Å². The van der Waals surface area contributed by atoms with Crippen molar-refractivity contribution in [2.45, 2.75) is 6.92 Å². The molecule has 1 fully saturated rings. The highest BCUT2D eigenvalue weighted by Crippen LogP contribution is 2.19. The fourth-order valence-electron chi connectivity index (χ4n) is 1.47. The Kier molecular flexibility index (Phi) is 3.45. The maximum Gasteiger partial charge on any atom is 0.251 e. The highest BCUT2D eigenvalue weighted by Gasteiger charge is 2.16. The minimum Gasteiger partial charge on any atom is -0.322 e. The zero-order chi connectivity index (χ0) is 12.4. The molecule has 1 aromatic carbocycles. The summed E-state index contributed by atoms with van der Waals surface area (Å²) in [4.78, 5) is 11.8. The number of anilines is 1. The zero-order valence-corrected chi connectivity index (χ0v) is 10.1. The molecule has 0 aliphatic carbocycles. The molecular weight excluding hydrogens is 243 g/mol. The van der Waals surface area contributed by atoms with Crippen molar-refractivity contribution in [1.82, 2.24) is 5.32 Å². The number of halogens is 2. The smallest absolute Gasteiger partial charge is 0.251 e. The third kappa shape index (κ3) is 2.65. The van der Waals surface area contributed by atoms with Crippen molar-refractivity contribution in [2.75, 3.05) is 18.4 Å². The van der Waals surface area contributed by atoms with E-state index in [1.54, 1.807) is 13.0 Å². The Balaban J connectivity index is 2.10. The second kappa shape index (κ2) is 4.85. The van der Waals surface area contributed by atoms with Gasteiger partial charge in [-0.05, 0) is 30.7 Å². The Morgan fingerprint density at radius 3 is 2.71 bits per heavy atom. The number of hydrogen-bond acceptors (Lipinski definition) is 2. The van der Waals surface area contributed by atoms with Gasteiger partial charge in [-0.3, -0.25) is 4.79 Å². The molecule has 0 radical (unpaired) electrons. The first-order valence-corrected chi connectivity index (χ1v) is 5.61. The van der Waals surface area contributed by atoms with Gasteiger partial charge >= 0.3 is 0 Å². The Bertz CT molecular complexity index is 493. The molecule has 2 rings (SSSR count). The van der Waals surface area contributed by atoms with E-state index in [9.17, 15) is 9.18 Å². The molecule has 17 heavy (non-hydrogen) atoms. The fraction of sp³-hybridized carbons (Fsp3) is 0.250. The summed E-state index contributed by atoms with van der Waals surface area (Å²) in [5, 5.41) is 5.74. The van der Waals surface area contributed by atoms with Crippen LogP contribution < -0.4 is 10.6 Å². The van der Waals surface area contributed by atoms with Gasteiger partial charge in [0.25, 0.3) is 5.91 Å². The van der Waals surface area contributed by atoms with Crippen LogP contribution in [0.2, 0.25) is 5.02 Å². The van der Waals surface area contributed by atoms with Crippen LogP contribution in [0.1, 0.15) is 6.92 Å². The average molecular weight is 255 g/mol. The van der Waals surface area contributed by atoms with E-state index >= 15 is 0 Å². The number of benzene rings is 1. The van der Waals surface area contributed by atoms with E-state index in [-0.39, 0.29) is 10.9 Å². The van der Waals surface area contributed by atoms with Crippen LogP contribution in [-0.2, 0) is 4.79 Å². The normalized spacial score (nSPS) is 14.2. The number of nitrogens with one attached hydrogen (secondary N) is 2. The van der Waals surface area contributed by atoms with Gasteiger partial charge in [0.05, 0.1) is 5.02 Å². The van der Waals surface area contributed by atoms with Gasteiger partial charge in [-0.25, -0.2) is 4.39 Å². The minimum absolute atomic E-state index is 0.0428. The number of carbonyl (C=O) groups excluding carboxylic acids is 1. The standard InChI is InChI=1S/C12H12ClFN2O/c1-7(8-5-15-6-8)12(17)16-9-2-3-10(13)11(14)4-9/h2-4,15H,5-6H2,1H3,(H,16,17). The maximum atomic E-state index is 13.2. The third-order valence-corrected chi connectivity index (χ3v) is 3.03. The van der Waals surface area contributed by atoms with Crippen LogP contribution in [0.25, 0.3) is 0 Å². The summed E-state index contributed by atoms with van der Waals surface area (Å²) < 4.78 is 13.2. The topological polar surface area (TPSA) is 41.1 Å². The van der Waals surface area contributed by atoms with Crippen molar-refractivity contribution in [3.63, 3.8) is 0 Å². The predicted octanol–water partition coefficient (Wildman–Crippen LogP) is 2.34. The second-order valence-corrected chi connectivity index (χ2v) is 4.32. The molecule has 0 unspecified atom stereocenters. The monoisotopic (exact) mass is 254 g/mol. The lowest BCUT2D eigenvalue weighted by Gasteiger charge is -2.21. The van der Waals surface area contributed by atoms with Crippen LogP contribution in [0.5, 0.6) is 0 Å². The van der Waals surface area contributed by atoms with Crippen molar-refractivity contribution in [3.8, 4) is 0 Å². The van der Waals surface area contributed by atoms with Crippen molar-refractivity contribution in [2.24, 2.45) is 0 Å². The molecule has 0 saturated carbocycles. The predicted molar refractivity (Wildman–Crippen MR) is 65.6 cm³/mol. The van der Waals surface area contributed by atoms with Gasteiger partial charge in [0, 0.05) is 24.4 Å². The van der Waals surface area contributed by atoms with E-state index in [2.05, 4.69) is 10.6 Å². The summed E-state index contributed by atoms with van der Waals surface area (Å²) >= 11 is 5.56. The molecule has 1 aliphatic rings. The molecule has 3 nitrogen and oxygen atoms in total. The van der Waals surface area contributed by atoms with Gasteiger partial charge in [-0.1, -0.05) is 11.6 Å². The van der Waals surface area contributed by atoms with Gasteiger partial charge in [0.15, 0.2) is 0 Å². The Hall–Kier alpha value is -1.39. The summed E-state index contributed by atoms with van der Waals surface area (Å²) in [6, 6.07) is 4.19. The Labute approximate surface area is 104 Å². The van der Waals surface area contributed by atoms with Gasteiger partial charge in [0.1, 0.15) is 5.82 Å². The van der Waals surface area contributed by atoms with Crippen LogP contribution >= 0.6 is 11.6 Å². The average Bonchev–Trinajstić information content (AvgIpc) is 2.21. The number of rotatable bonds is 2. The van der Waals surface area contributed by atoms with Crippen molar-refractivity contribution < 1.29 is 9.18 Å². The van der Waals surface area contributed by atoms with Crippen LogP contribution in [0.4, 0.5) is 10.1 Å². The van der Waals surface area contributed by atoms with E-state index in [1.807, 2.05) is 0 Å². The summed E-state index contributed by atoms with van der Waals surface area (Å²) in [5.41, 5.74) is 2.17. The second-order valence-electron chi connectivity index (χ2n) is 3.92. The molecule has 90 valence electrons. The summed E-state index contributed by atoms with van der Waals surface area (Å²) in [7, 11) is 0. The first-order chi connectivity index (χ1) is 8.08. The molecule has 5 heteroatoms. The lowest BCUT2D eigenvalue weighted by atomic mass is 10.0. The Morgan fingerprint density at radius 1 is 1.47 bits per heavy atom. The fourth-order valence-corrected chi connectivity index (χ4v) is 1.59. The minimum atomic E-state index is -0.542. The zero-order valence-electron chi connectivity index (χ0n) is 9.31. The lowest BCUT2D eigenvalue weighted by Crippen LogP contribution is -2.36. The van der Waals surface area contributed by atoms with Crippen LogP contribution in [0, 0.1) is 5.82 Å². The molecule has 0 bridgehead atoms. The maximum absolute atomic E-state index is 13.2. The van der Waals surface area contributed by atoms with Crippen LogP contribution in [0.3, 0.4) is 0 Å². The molecule has 2 N–H and O–H groups in total. The van der Waals surface area contributed by atoms with E-state index < -0.39 is 5.82 Å². The summed E-state index contributed by atoms with van der Waals surface area (Å²) in [6.07, 6.45) is 0. The van der Waals surface area contributed by atoms with Gasteiger partial charge in [0.2, 0.25) is 0 Å². The van der Waals surface area contributed by atoms with E-state index in [1.165, 1.54) is 12.1 Å². The molecule has 1 amide bonds. The number of carbonyl (C=O) groups is 1. The quantitative estimate of drug-likeness (QED) is 0.796. The van der Waals surface area contributed by atoms with Gasteiger partial charge < -0.3 is 10.6 Å². The third-order valence-electron chi connectivity index (χ3n) is 2.73. The van der Waals surface area contributed by atoms with Crippen molar-refractivity contribution in [1.29, 1.82) is 0 Å². The molecule has 0 atom stereocenters. The highest BCUT2D eigenvalue weighted by molar-refractivity contribution is 6.30. The summed E-state index contributed by atoms with van der Waals surface area (Å²) in [6.45, 7) is 3.25. The molecule has 0 aromatic heterocycles. The first kappa shape index (κ1) is 12.1. The largest absolute Gasteiger partial charge is 0.322 e. The number of amides is 1. The molecule has 1 aliphatic heterocycles. The molecule has 1 aromatic rings. The first-order valence-electron chi connectivity index (χ1n) is 5.23. The van der Waals surface area contributed by atoms with Crippen molar-refractivity contribution >= 4 is 23.2 Å². The Morgan fingerprint density at radius 2 is 2.18 bits per heavy atom. The lowest BCUT2D eigenvalue weighted by molar-refractivity contribution is -0.112. The van der Waals surface area contributed by atoms with Gasteiger partial charge in [-0.15, -0.1) is 0 Å². The van der Waals surface area contributed by atoms with Crippen LogP contribution in [-0.4, -0.2) is 19.0 Å². The van der Waals surface area contributed by atoms with Crippen LogP contribution in [0.15, 0.2) is 29.3 Å². The van der Waals surface area contributed by atoms with E-state index in [0.29, 0.717) is 11.3 Å². The van der Waals surface area contributed by atoms with E-state index in [0.717, 1.165) is 18.7 Å². The highest BCUT2D eigenvalue weighted by atomic mass is 35.5. The summed E-state index contributed by atoms with van der Waals surface area (Å²) in [5.74, 6) is -0.747. The van der Waals surface area contributed by atoms with Crippen molar-refractivity contribution in [3.05, 3.63) is 40.2 Å². The molecule has 0 spiro atoms. The molecule has 1 heterocycles. The molecule has 1 saturated heterocycles. The SMILES string of the molecule is CC(C(=O)Nc1ccc(Cl)c(F)c1)=C1CNC1. The number of hydrogen-bond donors (Lipinski definition) is 2. The van der Waals surface area contributed by atoms with Gasteiger partial charge in [-0.2, -0.15) is 0 Å².